The van der Waals surface area contributed by atoms with Gasteiger partial charge in [-0.15, -0.1) is 0 Å². The zero-order valence-electron chi connectivity index (χ0n) is 22.5. The first kappa shape index (κ1) is 22.0. The molecule has 0 saturated carbocycles. The molecular formula is C38H23N3O. The highest BCUT2D eigenvalue weighted by atomic mass is 16.5. The van der Waals surface area contributed by atoms with Crippen molar-refractivity contribution in [2.45, 2.75) is 0 Å². The van der Waals surface area contributed by atoms with E-state index in [2.05, 4.69) is 129 Å². The Kier molecular flexibility index (Phi) is 4.15. The van der Waals surface area contributed by atoms with Gasteiger partial charge in [-0.25, -0.2) is 0 Å². The second-order valence-electron chi connectivity index (χ2n) is 11.0. The number of benzene rings is 6. The first-order chi connectivity index (χ1) is 20.9. The zero-order chi connectivity index (χ0) is 27.4. The second kappa shape index (κ2) is 7.93. The van der Waals surface area contributed by atoms with E-state index in [-0.39, 0.29) is 0 Å². The average molecular weight is 538 g/mol. The minimum absolute atomic E-state index is 0.861. The quantitative estimate of drug-likeness (QED) is 0.219. The molecule has 0 amide bonds. The number of imidazole rings is 1. The molecule has 1 aliphatic heterocycles. The highest BCUT2D eigenvalue weighted by Gasteiger charge is 2.26. The van der Waals surface area contributed by atoms with Crippen molar-refractivity contribution < 1.29 is 4.74 Å². The molecule has 4 heterocycles. The number of nitrogens with zero attached hydrogens (tertiary/aromatic N) is 3. The van der Waals surface area contributed by atoms with Gasteiger partial charge in [-0.3, -0.25) is 8.80 Å². The molecule has 0 fully saturated rings. The Bertz CT molecular complexity index is 2450. The molecule has 1 aliphatic rings. The first-order valence-electron chi connectivity index (χ1n) is 14.3. The van der Waals surface area contributed by atoms with E-state index in [0.29, 0.717) is 0 Å². The molecule has 0 radical (unpaired) electrons. The Morgan fingerprint density at radius 1 is 0.429 bits per heavy atom. The molecule has 0 spiro atoms. The van der Waals surface area contributed by atoms with Gasteiger partial charge in [-0.2, -0.15) is 0 Å². The molecule has 0 atom stereocenters. The summed E-state index contributed by atoms with van der Waals surface area (Å²) in [6, 6.07) is 49.7. The molecule has 42 heavy (non-hydrogen) atoms. The fourth-order valence-corrected chi connectivity index (χ4v) is 7.13. The van der Waals surface area contributed by atoms with Crippen LogP contribution in [0.2, 0.25) is 0 Å². The van der Waals surface area contributed by atoms with Crippen molar-refractivity contribution in [3.05, 3.63) is 140 Å². The van der Waals surface area contributed by atoms with E-state index in [0.717, 1.165) is 28.6 Å². The minimum atomic E-state index is 0.861. The summed E-state index contributed by atoms with van der Waals surface area (Å²) in [6.07, 6.45) is 0. The second-order valence-corrected chi connectivity index (χ2v) is 11.0. The van der Waals surface area contributed by atoms with E-state index in [9.17, 15) is 0 Å². The van der Waals surface area contributed by atoms with Crippen molar-refractivity contribution in [2.24, 2.45) is 0 Å². The number of rotatable bonds is 2. The fraction of sp³-hybridized carbons (Fsp3) is 0. The summed E-state index contributed by atoms with van der Waals surface area (Å²) in [4.78, 5) is 2.29. The molecule has 3 aromatic heterocycles. The Hall–Kier alpha value is -5.74. The molecule has 4 nitrogen and oxygen atoms in total. The third-order valence-electron chi connectivity index (χ3n) is 8.83. The van der Waals surface area contributed by atoms with Crippen LogP contribution in [0, 0.1) is 0 Å². The highest BCUT2D eigenvalue weighted by Crippen LogP contribution is 2.50. The van der Waals surface area contributed by atoms with Crippen LogP contribution >= 0.6 is 0 Å². The van der Waals surface area contributed by atoms with Crippen LogP contribution in [-0.4, -0.2) is 8.80 Å². The lowest BCUT2D eigenvalue weighted by Crippen LogP contribution is -2.15. The smallest absolute Gasteiger partial charge is 0.151 e. The molecule has 6 aromatic carbocycles. The van der Waals surface area contributed by atoms with Crippen molar-refractivity contribution >= 4 is 60.9 Å². The molecule has 0 N–H and O–H groups in total. The lowest BCUT2D eigenvalue weighted by atomic mass is 9.98. The Labute approximate surface area is 241 Å². The summed E-state index contributed by atoms with van der Waals surface area (Å²) in [6.45, 7) is 0. The fourth-order valence-electron chi connectivity index (χ4n) is 7.13. The third-order valence-corrected chi connectivity index (χ3v) is 8.83. The van der Waals surface area contributed by atoms with Gasteiger partial charge >= 0.3 is 0 Å². The van der Waals surface area contributed by atoms with Crippen LogP contribution in [-0.2, 0) is 0 Å². The van der Waals surface area contributed by atoms with E-state index in [1.807, 2.05) is 24.3 Å². The van der Waals surface area contributed by atoms with E-state index in [4.69, 9.17) is 4.74 Å². The maximum absolute atomic E-state index is 6.24. The molecule has 0 saturated heterocycles. The van der Waals surface area contributed by atoms with Gasteiger partial charge in [-0.05, 0) is 71.8 Å². The van der Waals surface area contributed by atoms with Gasteiger partial charge in [0.15, 0.2) is 11.5 Å². The van der Waals surface area contributed by atoms with Crippen LogP contribution < -0.4 is 9.64 Å². The number of hydrogen-bond acceptors (Lipinski definition) is 2. The molecule has 196 valence electrons. The van der Waals surface area contributed by atoms with E-state index in [1.54, 1.807) is 0 Å². The van der Waals surface area contributed by atoms with Crippen LogP contribution in [0.25, 0.3) is 55.0 Å². The van der Waals surface area contributed by atoms with Crippen molar-refractivity contribution in [1.29, 1.82) is 0 Å². The van der Waals surface area contributed by atoms with Crippen LogP contribution in [0.5, 0.6) is 11.5 Å². The largest absolute Gasteiger partial charge is 0.453 e. The maximum atomic E-state index is 6.24. The first-order valence-corrected chi connectivity index (χ1v) is 14.3. The van der Waals surface area contributed by atoms with Crippen molar-refractivity contribution in [2.75, 3.05) is 4.90 Å². The molecule has 4 heteroatoms. The van der Waals surface area contributed by atoms with E-state index >= 15 is 0 Å². The van der Waals surface area contributed by atoms with Crippen LogP contribution in [0.3, 0.4) is 0 Å². The van der Waals surface area contributed by atoms with Crippen LogP contribution in [0.15, 0.2) is 140 Å². The van der Waals surface area contributed by atoms with Gasteiger partial charge in [0.2, 0.25) is 0 Å². The monoisotopic (exact) mass is 537 g/mol. The molecule has 0 bridgehead atoms. The Morgan fingerprint density at radius 2 is 1.00 bits per heavy atom. The normalized spacial score (nSPS) is 12.9. The van der Waals surface area contributed by atoms with Crippen molar-refractivity contribution in [3.8, 4) is 22.6 Å². The van der Waals surface area contributed by atoms with Crippen molar-refractivity contribution in [3.63, 3.8) is 0 Å². The number of anilines is 3. The maximum Gasteiger partial charge on any atom is 0.151 e. The number of aromatic nitrogens is 2. The topological polar surface area (TPSA) is 21.3 Å². The molecular weight excluding hydrogens is 514 g/mol. The Morgan fingerprint density at radius 3 is 1.71 bits per heavy atom. The van der Waals surface area contributed by atoms with Gasteiger partial charge in [-0.1, -0.05) is 78.9 Å². The number of ether oxygens (including phenoxy) is 1. The van der Waals surface area contributed by atoms with Gasteiger partial charge in [0.1, 0.15) is 5.65 Å². The predicted molar refractivity (Wildman–Crippen MR) is 172 cm³/mol. The van der Waals surface area contributed by atoms with Gasteiger partial charge in [0, 0.05) is 21.8 Å². The highest BCUT2D eigenvalue weighted by molar-refractivity contribution is 6.27. The van der Waals surface area contributed by atoms with Crippen LogP contribution in [0.1, 0.15) is 0 Å². The summed E-state index contributed by atoms with van der Waals surface area (Å²) in [5, 5.41) is 3.90. The number of hydrogen-bond donors (Lipinski definition) is 0. The molecule has 0 aliphatic carbocycles. The zero-order valence-corrected chi connectivity index (χ0v) is 22.5. The van der Waals surface area contributed by atoms with Gasteiger partial charge < -0.3 is 9.64 Å². The summed E-state index contributed by atoms with van der Waals surface area (Å²) < 4.78 is 11.1. The molecule has 9 aromatic rings. The lowest BCUT2D eigenvalue weighted by molar-refractivity contribution is 0.477. The standard InChI is InChI=1S/C38H23N3O/c1-2-12-28-27(10-1)37-36-26(11-9-17-33(36)41-30-14-4-3-13-29(30)40(28)38(37)41)24-20-22-25(23-21-24)39-31-15-5-7-18-34(31)42-35-19-8-6-16-32(35)39/h1-23H. The number of para-hydroxylation sites is 7. The summed E-state index contributed by atoms with van der Waals surface area (Å²) in [7, 11) is 0. The van der Waals surface area contributed by atoms with Gasteiger partial charge in [0.25, 0.3) is 0 Å². The molecule has 10 rings (SSSR count). The Balaban J connectivity index is 1.22. The summed E-state index contributed by atoms with van der Waals surface area (Å²) in [5.41, 5.74) is 11.8. The number of fused-ring (bicyclic) bond motifs is 11. The molecule has 0 unspecified atom stereocenters. The van der Waals surface area contributed by atoms with E-state index in [1.165, 1.54) is 55.0 Å². The van der Waals surface area contributed by atoms with E-state index < -0.39 is 0 Å². The third kappa shape index (κ3) is 2.71. The summed E-state index contributed by atoms with van der Waals surface area (Å²) in [5.74, 6) is 1.72. The average Bonchev–Trinajstić information content (AvgIpc) is 3.68. The summed E-state index contributed by atoms with van der Waals surface area (Å²) >= 11 is 0. The van der Waals surface area contributed by atoms with Crippen LogP contribution in [0.4, 0.5) is 17.1 Å². The SMILES string of the molecule is c1ccc2c(c1)Oc1ccccc1N2c1ccc(-c2cccc3c2c2c4ccccc4n4c5ccccc5n3c24)cc1. The van der Waals surface area contributed by atoms with Gasteiger partial charge in [0.05, 0.1) is 33.4 Å². The predicted octanol–water partition coefficient (Wildman–Crippen LogP) is 10.3. The van der Waals surface area contributed by atoms with Crippen molar-refractivity contribution in [1.82, 2.24) is 8.80 Å². The minimum Gasteiger partial charge on any atom is -0.453 e. The lowest BCUT2D eigenvalue weighted by Gasteiger charge is -2.32.